The lowest BCUT2D eigenvalue weighted by Gasteiger charge is -2.40. The van der Waals surface area contributed by atoms with Crippen molar-refractivity contribution in [3.63, 3.8) is 0 Å². The Bertz CT molecular complexity index is 279. The van der Waals surface area contributed by atoms with Crippen molar-refractivity contribution in [3.8, 4) is 0 Å². The lowest BCUT2D eigenvalue weighted by molar-refractivity contribution is -0.0798. The van der Waals surface area contributed by atoms with Crippen LogP contribution in [-0.4, -0.2) is 25.3 Å². The molecule has 0 saturated heterocycles. The molecule has 0 aromatic rings. The van der Waals surface area contributed by atoms with Crippen LogP contribution in [0.1, 0.15) is 72.1 Å². The number of hydrogen-bond donors (Lipinski definition) is 1. The van der Waals surface area contributed by atoms with Crippen LogP contribution in [0.3, 0.4) is 0 Å². The first-order valence-corrected chi connectivity index (χ1v) is 8.96. The van der Waals surface area contributed by atoms with Gasteiger partial charge in [-0.1, -0.05) is 40.0 Å². The van der Waals surface area contributed by atoms with Gasteiger partial charge in [0.25, 0.3) is 0 Å². The van der Waals surface area contributed by atoms with E-state index >= 15 is 0 Å². The quantitative estimate of drug-likeness (QED) is 0.807. The Hall–Kier alpha value is -0.0800. The maximum absolute atomic E-state index is 6.59. The van der Waals surface area contributed by atoms with Crippen molar-refractivity contribution >= 4 is 0 Å². The van der Waals surface area contributed by atoms with E-state index in [-0.39, 0.29) is 0 Å². The molecule has 5 atom stereocenters. The van der Waals surface area contributed by atoms with E-state index in [0.29, 0.717) is 18.2 Å². The maximum atomic E-state index is 6.59. The van der Waals surface area contributed by atoms with Crippen LogP contribution in [0, 0.1) is 17.8 Å². The zero-order valence-electron chi connectivity index (χ0n) is 14.0. The fourth-order valence-corrected chi connectivity index (χ4v) is 4.23. The number of likely N-dealkylation sites (N-methyl/N-ethyl adjacent to an activating group) is 1. The standard InChI is InChI=1S/C18H35NO/c1-5-14-7-6-8-16(11-14)20-18-12-15(13(2)3)9-10-17(18)19-4/h13-19H,5-12H2,1-4H3. The van der Waals surface area contributed by atoms with Gasteiger partial charge in [0, 0.05) is 6.04 Å². The van der Waals surface area contributed by atoms with Crippen molar-refractivity contribution in [2.75, 3.05) is 7.05 Å². The van der Waals surface area contributed by atoms with Crippen molar-refractivity contribution in [2.45, 2.75) is 90.4 Å². The molecule has 2 nitrogen and oxygen atoms in total. The maximum Gasteiger partial charge on any atom is 0.0734 e. The number of rotatable bonds is 5. The molecule has 2 fully saturated rings. The largest absolute Gasteiger partial charge is 0.373 e. The van der Waals surface area contributed by atoms with Gasteiger partial charge in [-0.2, -0.15) is 0 Å². The fraction of sp³-hybridized carbons (Fsp3) is 1.00. The summed E-state index contributed by atoms with van der Waals surface area (Å²) >= 11 is 0. The van der Waals surface area contributed by atoms with Gasteiger partial charge in [0.05, 0.1) is 12.2 Å². The molecule has 0 aromatic heterocycles. The van der Waals surface area contributed by atoms with Crippen molar-refractivity contribution in [1.82, 2.24) is 5.32 Å². The average molecular weight is 281 g/mol. The second-order valence-corrected chi connectivity index (χ2v) is 7.45. The molecule has 0 spiro atoms. The summed E-state index contributed by atoms with van der Waals surface area (Å²) in [4.78, 5) is 0. The third-order valence-electron chi connectivity index (χ3n) is 5.83. The molecule has 118 valence electrons. The Morgan fingerprint density at radius 2 is 1.90 bits per heavy atom. The zero-order valence-corrected chi connectivity index (χ0v) is 14.0. The van der Waals surface area contributed by atoms with Crippen molar-refractivity contribution < 1.29 is 4.74 Å². The molecule has 2 aliphatic rings. The summed E-state index contributed by atoms with van der Waals surface area (Å²) in [6, 6.07) is 0.576. The Kier molecular flexibility index (Phi) is 6.35. The summed E-state index contributed by atoms with van der Waals surface area (Å²) in [5.74, 6) is 2.56. The van der Waals surface area contributed by atoms with Gasteiger partial charge in [-0.25, -0.2) is 0 Å². The van der Waals surface area contributed by atoms with Crippen LogP contribution in [-0.2, 0) is 4.74 Å². The topological polar surface area (TPSA) is 21.3 Å². The summed E-state index contributed by atoms with van der Waals surface area (Å²) in [5, 5.41) is 3.50. The van der Waals surface area contributed by atoms with E-state index in [0.717, 1.165) is 17.8 Å². The predicted molar refractivity (Wildman–Crippen MR) is 85.9 cm³/mol. The molecule has 0 aromatic carbocycles. The third-order valence-corrected chi connectivity index (χ3v) is 5.83. The van der Waals surface area contributed by atoms with Crippen LogP contribution in [0.5, 0.6) is 0 Å². The second kappa shape index (κ2) is 7.79. The van der Waals surface area contributed by atoms with Gasteiger partial charge in [-0.05, 0) is 56.9 Å². The SMILES string of the molecule is CCC1CCCC(OC2CC(C(C)C)CCC2NC)C1. The molecule has 0 bridgehead atoms. The van der Waals surface area contributed by atoms with Crippen LogP contribution >= 0.6 is 0 Å². The molecule has 0 aliphatic heterocycles. The minimum atomic E-state index is 0.446. The summed E-state index contributed by atoms with van der Waals surface area (Å²) in [5.41, 5.74) is 0. The molecular weight excluding hydrogens is 246 g/mol. The first kappa shape index (κ1) is 16.3. The van der Waals surface area contributed by atoms with E-state index in [1.165, 1.54) is 51.4 Å². The normalized spacial score (nSPS) is 39.1. The summed E-state index contributed by atoms with van der Waals surface area (Å²) < 4.78 is 6.59. The molecule has 2 saturated carbocycles. The molecule has 5 unspecified atom stereocenters. The average Bonchev–Trinajstić information content (AvgIpc) is 2.47. The fourth-order valence-electron chi connectivity index (χ4n) is 4.23. The van der Waals surface area contributed by atoms with Crippen molar-refractivity contribution in [3.05, 3.63) is 0 Å². The van der Waals surface area contributed by atoms with E-state index in [9.17, 15) is 0 Å². The first-order valence-electron chi connectivity index (χ1n) is 8.96. The van der Waals surface area contributed by atoms with Crippen LogP contribution in [0.2, 0.25) is 0 Å². The van der Waals surface area contributed by atoms with Gasteiger partial charge >= 0.3 is 0 Å². The van der Waals surface area contributed by atoms with Gasteiger partial charge in [-0.3, -0.25) is 0 Å². The van der Waals surface area contributed by atoms with Gasteiger partial charge in [0.2, 0.25) is 0 Å². The lowest BCUT2D eigenvalue weighted by Crippen LogP contribution is -2.46. The minimum absolute atomic E-state index is 0.446. The lowest BCUT2D eigenvalue weighted by atomic mass is 9.77. The Labute approximate surface area is 126 Å². The minimum Gasteiger partial charge on any atom is -0.373 e. The first-order chi connectivity index (χ1) is 9.63. The highest BCUT2D eigenvalue weighted by Gasteiger charge is 2.34. The summed E-state index contributed by atoms with van der Waals surface area (Å²) in [6.07, 6.45) is 11.6. The number of ether oxygens (including phenoxy) is 1. The van der Waals surface area contributed by atoms with E-state index < -0.39 is 0 Å². The molecular formula is C18H35NO. The van der Waals surface area contributed by atoms with Gasteiger partial charge in [0.15, 0.2) is 0 Å². The highest BCUT2D eigenvalue weighted by atomic mass is 16.5. The summed E-state index contributed by atoms with van der Waals surface area (Å²) in [7, 11) is 2.10. The predicted octanol–water partition coefficient (Wildman–Crippen LogP) is 4.38. The highest BCUT2D eigenvalue weighted by Crippen LogP contribution is 2.35. The van der Waals surface area contributed by atoms with E-state index in [2.05, 4.69) is 33.1 Å². The number of hydrogen-bond acceptors (Lipinski definition) is 2. The summed E-state index contributed by atoms with van der Waals surface area (Å²) in [6.45, 7) is 7.07. The van der Waals surface area contributed by atoms with E-state index in [1.54, 1.807) is 0 Å². The van der Waals surface area contributed by atoms with Gasteiger partial charge in [-0.15, -0.1) is 0 Å². The van der Waals surface area contributed by atoms with E-state index in [1.807, 2.05) is 0 Å². The molecule has 0 heterocycles. The Balaban J connectivity index is 1.90. The molecule has 2 rings (SSSR count). The van der Waals surface area contributed by atoms with Crippen molar-refractivity contribution in [1.29, 1.82) is 0 Å². The van der Waals surface area contributed by atoms with Crippen LogP contribution < -0.4 is 5.32 Å². The number of nitrogens with one attached hydrogen (secondary N) is 1. The van der Waals surface area contributed by atoms with Gasteiger partial charge in [0.1, 0.15) is 0 Å². The van der Waals surface area contributed by atoms with Crippen LogP contribution in [0.15, 0.2) is 0 Å². The molecule has 0 radical (unpaired) electrons. The monoisotopic (exact) mass is 281 g/mol. The van der Waals surface area contributed by atoms with E-state index in [4.69, 9.17) is 4.74 Å². The molecule has 0 amide bonds. The highest BCUT2D eigenvalue weighted by molar-refractivity contribution is 4.87. The van der Waals surface area contributed by atoms with Crippen LogP contribution in [0.4, 0.5) is 0 Å². The van der Waals surface area contributed by atoms with Gasteiger partial charge < -0.3 is 10.1 Å². The third kappa shape index (κ3) is 4.21. The van der Waals surface area contributed by atoms with Crippen molar-refractivity contribution in [2.24, 2.45) is 17.8 Å². The molecule has 2 heteroatoms. The second-order valence-electron chi connectivity index (χ2n) is 7.45. The molecule has 20 heavy (non-hydrogen) atoms. The zero-order chi connectivity index (χ0) is 14.5. The smallest absolute Gasteiger partial charge is 0.0734 e. The Morgan fingerprint density at radius 1 is 1.10 bits per heavy atom. The van der Waals surface area contributed by atoms with Crippen LogP contribution in [0.25, 0.3) is 0 Å². The molecule has 1 N–H and O–H groups in total. The molecule has 2 aliphatic carbocycles. The Morgan fingerprint density at radius 3 is 2.55 bits per heavy atom.